The van der Waals surface area contributed by atoms with Crippen molar-refractivity contribution in [1.29, 1.82) is 0 Å². The third-order valence-electron chi connectivity index (χ3n) is 8.66. The summed E-state index contributed by atoms with van der Waals surface area (Å²) in [5.74, 6) is -4.70. The minimum Gasteiger partial charge on any atom is -0.390 e. The number of halogens is 6. The lowest BCUT2D eigenvalue weighted by atomic mass is 10.0. The summed E-state index contributed by atoms with van der Waals surface area (Å²) < 4.78 is 70.0. The van der Waals surface area contributed by atoms with Gasteiger partial charge in [-0.1, -0.05) is 11.6 Å². The summed E-state index contributed by atoms with van der Waals surface area (Å²) in [7, 11) is 1.30. The highest BCUT2D eigenvalue weighted by molar-refractivity contribution is 6.34. The van der Waals surface area contributed by atoms with Crippen molar-refractivity contribution in [2.75, 3.05) is 31.5 Å². The number of carbonyl (C=O) groups is 3. The molecule has 5 N–H and O–H groups in total. The van der Waals surface area contributed by atoms with Crippen LogP contribution >= 0.6 is 11.6 Å². The van der Waals surface area contributed by atoms with Crippen molar-refractivity contribution < 1.29 is 41.4 Å². The molecule has 1 saturated carbocycles. The third-order valence-corrected chi connectivity index (χ3v) is 8.97. The molecule has 48 heavy (non-hydrogen) atoms. The van der Waals surface area contributed by atoms with E-state index in [1.807, 2.05) is 0 Å². The molecule has 2 saturated heterocycles. The first kappa shape index (κ1) is 33.6. The molecule has 1 aromatic carbocycles. The molecule has 1 unspecified atom stereocenters. The van der Waals surface area contributed by atoms with Gasteiger partial charge in [0.1, 0.15) is 6.04 Å². The van der Waals surface area contributed by atoms with Crippen molar-refractivity contribution in [1.82, 2.24) is 40.2 Å². The first-order valence-electron chi connectivity index (χ1n) is 15.0. The highest BCUT2D eigenvalue weighted by atomic mass is 35.5. The van der Waals surface area contributed by atoms with Crippen LogP contribution in [0.2, 0.25) is 5.02 Å². The number of urea groups is 1. The van der Waals surface area contributed by atoms with E-state index in [1.54, 1.807) is 4.90 Å². The number of rotatable bonds is 7. The number of aliphatic hydroxyl groups is 1. The lowest BCUT2D eigenvalue weighted by Crippen LogP contribution is -2.53. The number of alkyl halides is 5. The number of carbonyl (C=O) groups excluding carboxylic acids is 3. The standard InChI is InChI=1S/C29H31ClF5N9O4/c1-42-20(17-13-44(22-9-28(22,31)32)41-23(17)29(33,34)35)11-37-24(42)26(47)39-15-2-3-16(18(30)8-15)25(46)38-14-4-6-43(7-5-14)27(48)40-19-10-36-12-21(19)45/h2-3,8,11,13-14,19,21-22,36,45H,4-7,9-10,12H2,1H3,(H,38,46)(H,39,47)(H,40,48)/t19-,21-,22?/m1/s1. The van der Waals surface area contributed by atoms with Crippen molar-refractivity contribution >= 4 is 35.1 Å². The molecule has 4 heterocycles. The number of nitrogens with zero attached hydrogens (tertiary/aromatic N) is 5. The van der Waals surface area contributed by atoms with Gasteiger partial charge in [0.2, 0.25) is 0 Å². The fourth-order valence-corrected chi connectivity index (χ4v) is 6.09. The molecule has 258 valence electrons. The summed E-state index contributed by atoms with van der Waals surface area (Å²) in [5.41, 5.74) is -1.74. The molecule has 3 aromatic rings. The van der Waals surface area contributed by atoms with Crippen LogP contribution in [-0.2, 0) is 13.2 Å². The number of benzene rings is 1. The Morgan fingerprint density at radius 1 is 1.10 bits per heavy atom. The number of likely N-dealkylation sites (tertiary alicyclic amines) is 1. The average Bonchev–Trinajstić information content (AvgIpc) is 3.41. The van der Waals surface area contributed by atoms with Gasteiger partial charge in [-0.05, 0) is 31.0 Å². The van der Waals surface area contributed by atoms with Gasteiger partial charge in [-0.2, -0.15) is 18.3 Å². The Morgan fingerprint density at radius 3 is 2.42 bits per heavy atom. The summed E-state index contributed by atoms with van der Waals surface area (Å²) in [6, 6.07) is 1.80. The second-order valence-electron chi connectivity index (χ2n) is 12.0. The Morgan fingerprint density at radius 2 is 1.81 bits per heavy atom. The van der Waals surface area contributed by atoms with E-state index in [-0.39, 0.29) is 45.9 Å². The molecule has 2 aliphatic heterocycles. The number of nitrogens with one attached hydrogen (secondary N) is 4. The summed E-state index contributed by atoms with van der Waals surface area (Å²) in [6.07, 6.45) is -3.33. The predicted molar refractivity (Wildman–Crippen MR) is 161 cm³/mol. The Bertz CT molecular complexity index is 1740. The van der Waals surface area contributed by atoms with E-state index in [2.05, 4.69) is 31.3 Å². The van der Waals surface area contributed by atoms with Crippen LogP contribution in [0.3, 0.4) is 0 Å². The van der Waals surface area contributed by atoms with Crippen LogP contribution in [0.5, 0.6) is 0 Å². The molecule has 3 aliphatic rings. The Kier molecular flexibility index (Phi) is 8.84. The van der Waals surface area contributed by atoms with Crippen molar-refractivity contribution in [3.63, 3.8) is 0 Å². The minimum absolute atomic E-state index is 0.0190. The molecule has 4 amide bonds. The van der Waals surface area contributed by atoms with Crippen molar-refractivity contribution in [2.45, 2.75) is 55.6 Å². The van der Waals surface area contributed by atoms with E-state index >= 15 is 0 Å². The van der Waals surface area contributed by atoms with Gasteiger partial charge >= 0.3 is 12.2 Å². The van der Waals surface area contributed by atoms with Gasteiger partial charge in [-0.15, -0.1) is 0 Å². The number of piperidine rings is 1. The second-order valence-corrected chi connectivity index (χ2v) is 12.4. The summed E-state index contributed by atoms with van der Waals surface area (Å²) >= 11 is 6.37. The first-order chi connectivity index (χ1) is 22.6. The SMILES string of the molecule is Cn1c(-c2cn(C3CC3(F)F)nc2C(F)(F)F)cnc1C(=O)Nc1ccc(C(=O)NC2CCN(C(=O)N[C@@H]3CNC[C@H]3O)CC2)c(Cl)c1. The second kappa shape index (κ2) is 12.6. The predicted octanol–water partition coefficient (Wildman–Crippen LogP) is 3.02. The maximum absolute atomic E-state index is 13.7. The van der Waals surface area contributed by atoms with Gasteiger partial charge in [-0.25, -0.2) is 18.6 Å². The molecule has 13 nitrogen and oxygen atoms in total. The summed E-state index contributed by atoms with van der Waals surface area (Å²) in [4.78, 5) is 44.1. The van der Waals surface area contributed by atoms with Crippen LogP contribution in [0.15, 0.2) is 30.6 Å². The minimum atomic E-state index is -4.95. The lowest BCUT2D eigenvalue weighted by Gasteiger charge is -2.33. The number of β-amino-alcohol motifs (C(OH)–C–C–N with tert-alkyl or cyclic N) is 1. The van der Waals surface area contributed by atoms with Crippen molar-refractivity contribution in [3.05, 3.63) is 52.7 Å². The van der Waals surface area contributed by atoms with E-state index in [1.165, 1.54) is 25.2 Å². The number of amides is 4. The molecule has 2 aromatic heterocycles. The number of anilines is 1. The zero-order valence-corrected chi connectivity index (χ0v) is 26.1. The largest absolute Gasteiger partial charge is 0.435 e. The van der Waals surface area contributed by atoms with E-state index < -0.39 is 53.7 Å². The quantitative estimate of drug-likeness (QED) is 0.237. The van der Waals surface area contributed by atoms with Gasteiger partial charge in [0, 0.05) is 57.6 Å². The van der Waals surface area contributed by atoms with E-state index in [0.29, 0.717) is 43.7 Å². The zero-order chi connectivity index (χ0) is 34.5. The smallest absolute Gasteiger partial charge is 0.390 e. The number of aromatic nitrogens is 4. The van der Waals surface area contributed by atoms with Crippen LogP contribution in [0, 0.1) is 0 Å². The number of aliphatic hydroxyl groups excluding tert-OH is 1. The normalized spacial score (nSPS) is 22.4. The Balaban J connectivity index is 1.06. The maximum atomic E-state index is 13.7. The van der Waals surface area contributed by atoms with Crippen molar-refractivity contribution in [2.24, 2.45) is 7.05 Å². The summed E-state index contributed by atoms with van der Waals surface area (Å²) in [6.45, 7) is 1.70. The maximum Gasteiger partial charge on any atom is 0.435 e. The molecule has 19 heteroatoms. The molecular formula is C29H31ClF5N9O4. The van der Waals surface area contributed by atoms with Gasteiger partial charge in [0.25, 0.3) is 17.7 Å². The lowest BCUT2D eigenvalue weighted by molar-refractivity contribution is -0.141. The fraction of sp³-hybridized carbons (Fsp3) is 0.483. The molecule has 1 aliphatic carbocycles. The monoisotopic (exact) mass is 699 g/mol. The molecule has 0 bridgehead atoms. The van der Waals surface area contributed by atoms with Crippen molar-refractivity contribution in [3.8, 4) is 11.3 Å². The van der Waals surface area contributed by atoms with Crippen LogP contribution in [-0.4, -0.2) is 97.5 Å². The fourth-order valence-electron chi connectivity index (χ4n) is 5.82. The highest BCUT2D eigenvalue weighted by Crippen LogP contribution is 2.53. The van der Waals surface area contributed by atoms with Gasteiger partial charge in [-0.3, -0.25) is 14.3 Å². The molecule has 0 radical (unpaired) electrons. The highest BCUT2D eigenvalue weighted by Gasteiger charge is 2.59. The Hall–Kier alpha value is -4.29. The molecule has 3 fully saturated rings. The van der Waals surface area contributed by atoms with E-state index in [0.717, 1.165) is 17.0 Å². The average molecular weight is 700 g/mol. The summed E-state index contributed by atoms with van der Waals surface area (Å²) in [5, 5.41) is 24.5. The first-order valence-corrected chi connectivity index (χ1v) is 15.4. The van der Waals surface area contributed by atoms with Crippen LogP contribution in [0.1, 0.15) is 52.0 Å². The van der Waals surface area contributed by atoms with Crippen LogP contribution < -0.4 is 21.3 Å². The molecule has 3 atom stereocenters. The Labute approximate surface area is 274 Å². The third kappa shape index (κ3) is 6.82. The van der Waals surface area contributed by atoms with Crippen LogP contribution in [0.4, 0.5) is 32.4 Å². The number of hydrogen-bond acceptors (Lipinski definition) is 7. The topological polar surface area (TPSA) is 158 Å². The zero-order valence-electron chi connectivity index (χ0n) is 25.3. The molecule has 0 spiro atoms. The molecule has 6 rings (SSSR count). The van der Waals surface area contributed by atoms with Gasteiger partial charge in [0.15, 0.2) is 11.5 Å². The van der Waals surface area contributed by atoms with E-state index in [9.17, 15) is 41.4 Å². The number of imidazole rings is 1. The van der Waals surface area contributed by atoms with Gasteiger partial charge in [0.05, 0.1) is 40.2 Å². The van der Waals surface area contributed by atoms with Gasteiger partial charge < -0.3 is 35.8 Å². The molecular weight excluding hydrogens is 669 g/mol. The van der Waals surface area contributed by atoms with E-state index in [4.69, 9.17) is 11.6 Å². The number of hydrogen-bond donors (Lipinski definition) is 5. The van der Waals surface area contributed by atoms with Crippen LogP contribution in [0.25, 0.3) is 11.3 Å².